The number of benzene rings is 2. The summed E-state index contributed by atoms with van der Waals surface area (Å²) in [6.07, 6.45) is 1.57. The molecule has 6 heteroatoms. The van der Waals surface area contributed by atoms with Crippen molar-refractivity contribution in [3.8, 4) is 5.75 Å². The van der Waals surface area contributed by atoms with Crippen LogP contribution in [0.25, 0.3) is 0 Å². The number of hydrogen-bond donors (Lipinski definition) is 2. The van der Waals surface area contributed by atoms with Gasteiger partial charge in [-0.1, -0.05) is 18.2 Å². The van der Waals surface area contributed by atoms with Gasteiger partial charge in [-0.2, -0.15) is 0 Å². The molecule has 3 rings (SSSR count). The maximum Gasteiger partial charge on any atom is 0.224 e. The lowest BCUT2D eigenvalue weighted by Gasteiger charge is -2.19. The molecule has 0 unspecified atom stereocenters. The molecule has 0 atom stereocenters. The van der Waals surface area contributed by atoms with E-state index in [1.807, 2.05) is 37.3 Å². The van der Waals surface area contributed by atoms with E-state index in [2.05, 4.69) is 10.6 Å². The predicted molar refractivity (Wildman–Crippen MR) is 104 cm³/mol. The highest BCUT2D eigenvalue weighted by Crippen LogP contribution is 2.24. The standard InChI is InChI=1S/C20H23FN2O2.ClH/c1-2-25-16-7-3-14(4-8-16)5-10-19(24)23-18-9-6-15-13-22-12-11-17(15)20(18)21;/h3-4,6-9,22H,2,5,10-13H2,1H3,(H,23,24);1H. The normalized spacial score (nSPS) is 12.7. The van der Waals surface area contributed by atoms with E-state index in [9.17, 15) is 9.18 Å². The molecule has 0 aliphatic carbocycles. The second-order valence-electron chi connectivity index (χ2n) is 6.12. The molecule has 4 nitrogen and oxygen atoms in total. The zero-order valence-corrected chi connectivity index (χ0v) is 15.6. The Kier molecular flexibility index (Phi) is 7.42. The maximum absolute atomic E-state index is 14.5. The number of hydrogen-bond acceptors (Lipinski definition) is 3. The van der Waals surface area contributed by atoms with Crippen molar-refractivity contribution in [1.29, 1.82) is 0 Å². The van der Waals surface area contributed by atoms with Gasteiger partial charge in [-0.25, -0.2) is 4.39 Å². The van der Waals surface area contributed by atoms with Crippen molar-refractivity contribution in [1.82, 2.24) is 5.32 Å². The SMILES string of the molecule is CCOc1ccc(CCC(=O)Nc2ccc3c(c2F)CCNC3)cc1.Cl. The van der Waals surface area contributed by atoms with Crippen molar-refractivity contribution in [3.63, 3.8) is 0 Å². The summed E-state index contributed by atoms with van der Waals surface area (Å²) in [6.45, 7) is 4.01. The molecular weight excluding hydrogens is 355 g/mol. The van der Waals surface area contributed by atoms with Gasteiger partial charge in [-0.15, -0.1) is 12.4 Å². The number of fused-ring (bicyclic) bond motifs is 1. The molecule has 0 fully saturated rings. The van der Waals surface area contributed by atoms with E-state index in [1.54, 1.807) is 6.07 Å². The Hall–Kier alpha value is -2.11. The smallest absolute Gasteiger partial charge is 0.224 e. The van der Waals surface area contributed by atoms with Gasteiger partial charge < -0.3 is 15.4 Å². The number of rotatable bonds is 6. The Morgan fingerprint density at radius 1 is 1.23 bits per heavy atom. The van der Waals surface area contributed by atoms with Gasteiger partial charge in [0.15, 0.2) is 0 Å². The fraction of sp³-hybridized carbons (Fsp3) is 0.350. The van der Waals surface area contributed by atoms with Crippen LogP contribution in [0, 0.1) is 5.82 Å². The second-order valence-corrected chi connectivity index (χ2v) is 6.12. The number of carbonyl (C=O) groups is 1. The zero-order chi connectivity index (χ0) is 17.6. The topological polar surface area (TPSA) is 50.4 Å². The van der Waals surface area contributed by atoms with Crippen molar-refractivity contribution in [2.75, 3.05) is 18.5 Å². The molecular formula is C20H24ClFN2O2. The Morgan fingerprint density at radius 3 is 2.73 bits per heavy atom. The second kappa shape index (κ2) is 9.55. The molecule has 2 aromatic carbocycles. The summed E-state index contributed by atoms with van der Waals surface area (Å²) in [5.74, 6) is 0.344. The van der Waals surface area contributed by atoms with Crippen LogP contribution in [0.3, 0.4) is 0 Å². The molecule has 0 aromatic heterocycles. The molecule has 26 heavy (non-hydrogen) atoms. The molecule has 0 saturated carbocycles. The van der Waals surface area contributed by atoms with E-state index < -0.39 is 0 Å². The lowest BCUT2D eigenvalue weighted by atomic mass is 9.99. The first-order valence-corrected chi connectivity index (χ1v) is 8.70. The van der Waals surface area contributed by atoms with Crippen molar-refractivity contribution in [3.05, 3.63) is 58.9 Å². The highest BCUT2D eigenvalue weighted by Gasteiger charge is 2.17. The first-order chi connectivity index (χ1) is 12.2. The first kappa shape index (κ1) is 20.2. The maximum atomic E-state index is 14.5. The van der Waals surface area contributed by atoms with Crippen LogP contribution in [0.2, 0.25) is 0 Å². The van der Waals surface area contributed by atoms with Gasteiger partial charge in [-0.05, 0) is 61.2 Å². The zero-order valence-electron chi connectivity index (χ0n) is 14.8. The van der Waals surface area contributed by atoms with Crippen LogP contribution in [0.5, 0.6) is 5.75 Å². The summed E-state index contributed by atoms with van der Waals surface area (Å²) in [6, 6.07) is 11.2. The lowest BCUT2D eigenvalue weighted by Crippen LogP contribution is -2.25. The Labute approximate surface area is 159 Å². The Balaban J connectivity index is 0.00000243. The Morgan fingerprint density at radius 2 is 2.00 bits per heavy atom. The van der Waals surface area contributed by atoms with Gasteiger partial charge in [0.05, 0.1) is 12.3 Å². The molecule has 0 saturated heterocycles. The number of ether oxygens (including phenoxy) is 1. The third-order valence-electron chi connectivity index (χ3n) is 4.36. The highest BCUT2D eigenvalue weighted by molar-refractivity contribution is 5.91. The first-order valence-electron chi connectivity index (χ1n) is 8.70. The molecule has 1 aliphatic heterocycles. The van der Waals surface area contributed by atoms with Gasteiger partial charge in [0.2, 0.25) is 5.91 Å². The summed E-state index contributed by atoms with van der Waals surface area (Å²) >= 11 is 0. The molecule has 1 aliphatic rings. The molecule has 0 radical (unpaired) electrons. The average Bonchev–Trinajstić information content (AvgIpc) is 2.64. The van der Waals surface area contributed by atoms with Crippen LogP contribution in [-0.2, 0) is 24.2 Å². The third kappa shape index (κ3) is 4.96. The van der Waals surface area contributed by atoms with Crippen LogP contribution in [-0.4, -0.2) is 19.1 Å². The van der Waals surface area contributed by atoms with E-state index in [4.69, 9.17) is 4.74 Å². The minimum Gasteiger partial charge on any atom is -0.494 e. The summed E-state index contributed by atoms with van der Waals surface area (Å²) in [7, 11) is 0. The van der Waals surface area contributed by atoms with Gasteiger partial charge in [-0.3, -0.25) is 4.79 Å². The summed E-state index contributed by atoms with van der Waals surface area (Å²) < 4.78 is 19.9. The van der Waals surface area contributed by atoms with Crippen LogP contribution in [0.15, 0.2) is 36.4 Å². The molecule has 2 N–H and O–H groups in total. The van der Waals surface area contributed by atoms with E-state index in [-0.39, 0.29) is 29.8 Å². The van der Waals surface area contributed by atoms with E-state index in [1.165, 1.54) is 0 Å². The van der Waals surface area contributed by atoms with E-state index >= 15 is 0 Å². The van der Waals surface area contributed by atoms with Gasteiger partial charge in [0.1, 0.15) is 11.6 Å². The molecule has 1 amide bonds. The molecule has 0 spiro atoms. The summed E-state index contributed by atoms with van der Waals surface area (Å²) in [4.78, 5) is 12.2. The quantitative estimate of drug-likeness (QED) is 0.802. The number of carbonyl (C=O) groups excluding carboxylic acids is 1. The summed E-state index contributed by atoms with van der Waals surface area (Å²) in [5.41, 5.74) is 3.01. The highest BCUT2D eigenvalue weighted by atomic mass is 35.5. The average molecular weight is 379 g/mol. The molecule has 140 valence electrons. The minimum absolute atomic E-state index is 0. The van der Waals surface area contributed by atoms with Gasteiger partial charge >= 0.3 is 0 Å². The number of nitrogens with one attached hydrogen (secondary N) is 2. The van der Waals surface area contributed by atoms with Gasteiger partial charge in [0.25, 0.3) is 0 Å². The van der Waals surface area contributed by atoms with Crippen LogP contribution in [0.1, 0.15) is 30.0 Å². The predicted octanol–water partition coefficient (Wildman–Crippen LogP) is 3.86. The summed E-state index contributed by atoms with van der Waals surface area (Å²) in [5, 5.41) is 5.92. The number of amides is 1. The largest absolute Gasteiger partial charge is 0.494 e. The number of halogens is 2. The lowest BCUT2D eigenvalue weighted by molar-refractivity contribution is -0.116. The van der Waals surface area contributed by atoms with Crippen LogP contribution < -0.4 is 15.4 Å². The Bertz CT molecular complexity index is 750. The molecule has 0 bridgehead atoms. The number of anilines is 1. The molecule has 1 heterocycles. The van der Waals surface area contributed by atoms with Crippen molar-refractivity contribution < 1.29 is 13.9 Å². The van der Waals surface area contributed by atoms with Crippen LogP contribution in [0.4, 0.5) is 10.1 Å². The fourth-order valence-corrected chi connectivity index (χ4v) is 3.02. The van der Waals surface area contributed by atoms with Crippen LogP contribution >= 0.6 is 12.4 Å². The molecule has 2 aromatic rings. The van der Waals surface area contributed by atoms with Crippen molar-refractivity contribution >= 4 is 24.0 Å². The number of aryl methyl sites for hydroxylation is 1. The van der Waals surface area contributed by atoms with Gasteiger partial charge in [0, 0.05) is 13.0 Å². The monoisotopic (exact) mass is 378 g/mol. The minimum atomic E-state index is -0.298. The fourth-order valence-electron chi connectivity index (χ4n) is 3.02. The van der Waals surface area contributed by atoms with Crippen molar-refractivity contribution in [2.45, 2.75) is 32.7 Å². The van der Waals surface area contributed by atoms with E-state index in [0.717, 1.165) is 23.4 Å². The third-order valence-corrected chi connectivity index (χ3v) is 4.36. The van der Waals surface area contributed by atoms with Crippen molar-refractivity contribution in [2.24, 2.45) is 0 Å². The van der Waals surface area contributed by atoms with E-state index in [0.29, 0.717) is 38.0 Å².